The van der Waals surface area contributed by atoms with E-state index in [1.807, 2.05) is 31.2 Å². The van der Waals surface area contributed by atoms with Gasteiger partial charge in [0.15, 0.2) is 0 Å². The highest BCUT2D eigenvalue weighted by atomic mass is 32.1. The number of thiophene rings is 1. The van der Waals surface area contributed by atoms with Crippen molar-refractivity contribution in [1.82, 2.24) is 9.13 Å². The molecule has 0 bridgehead atoms. The summed E-state index contributed by atoms with van der Waals surface area (Å²) < 4.78 is 37.1. The molecule has 5 nitrogen and oxygen atoms in total. The molecule has 1 aliphatic carbocycles. The number of aromatic nitrogens is 2. The van der Waals surface area contributed by atoms with Crippen LogP contribution < -0.4 is 16.0 Å². The van der Waals surface area contributed by atoms with Crippen molar-refractivity contribution in [1.29, 1.82) is 0 Å². The van der Waals surface area contributed by atoms with Gasteiger partial charge in [0.25, 0.3) is 5.56 Å². The van der Waals surface area contributed by atoms with Gasteiger partial charge in [-0.3, -0.25) is 13.9 Å². The van der Waals surface area contributed by atoms with Gasteiger partial charge in [0.05, 0.1) is 19.0 Å². The summed E-state index contributed by atoms with van der Waals surface area (Å²) in [4.78, 5) is 28.7. The Bertz CT molecular complexity index is 1490. The van der Waals surface area contributed by atoms with E-state index in [0.717, 1.165) is 48.1 Å². The molecular weight excluding hydrogens is 470 g/mol. The van der Waals surface area contributed by atoms with Crippen molar-refractivity contribution in [2.45, 2.75) is 51.6 Å². The monoisotopic (exact) mass is 496 g/mol. The van der Waals surface area contributed by atoms with Crippen molar-refractivity contribution in [3.05, 3.63) is 86.1 Å². The third-order valence-corrected chi connectivity index (χ3v) is 8.28. The lowest BCUT2D eigenvalue weighted by molar-refractivity contribution is 0.332. The Morgan fingerprint density at radius 3 is 2.29 bits per heavy atom. The fraction of sp³-hybridized carbons (Fsp3) is 0.333. The standard InChI is InChI=1S/C27H26F2N2O3S/c1-16-23-25(32)31(18-7-4-3-5-8-18)27(33)30(15-20-21(28)9-6-10-22(20)29)26(23)35-24(16)17-11-13-19(34-2)14-12-17/h6,9-14,18H,3-5,7-8,15H2,1-2H3. The third-order valence-electron chi connectivity index (χ3n) is 6.91. The molecule has 1 aliphatic rings. The summed E-state index contributed by atoms with van der Waals surface area (Å²) in [5, 5.41) is 0.433. The number of nitrogens with zero attached hydrogens (tertiary/aromatic N) is 2. The van der Waals surface area contributed by atoms with Crippen LogP contribution in [0.5, 0.6) is 5.75 Å². The van der Waals surface area contributed by atoms with Crippen molar-refractivity contribution < 1.29 is 13.5 Å². The minimum absolute atomic E-state index is 0.193. The quantitative estimate of drug-likeness (QED) is 0.339. The van der Waals surface area contributed by atoms with Crippen LogP contribution in [0.15, 0.2) is 52.1 Å². The highest BCUT2D eigenvalue weighted by molar-refractivity contribution is 7.22. The predicted octanol–water partition coefficient (Wildman–Crippen LogP) is 6.04. The van der Waals surface area contributed by atoms with E-state index in [1.54, 1.807) is 7.11 Å². The number of rotatable bonds is 5. The summed E-state index contributed by atoms with van der Waals surface area (Å²) in [6.07, 6.45) is 4.43. The lowest BCUT2D eigenvalue weighted by Crippen LogP contribution is -2.43. The molecule has 2 aromatic heterocycles. The molecule has 0 aliphatic heterocycles. The lowest BCUT2D eigenvalue weighted by Gasteiger charge is -2.24. The summed E-state index contributed by atoms with van der Waals surface area (Å²) in [6.45, 7) is 1.58. The van der Waals surface area contributed by atoms with E-state index in [1.165, 1.54) is 38.7 Å². The SMILES string of the molecule is COc1ccc(-c2sc3c(c2C)c(=O)n(C2CCCCC2)c(=O)n3Cc2c(F)cccc2F)cc1. The summed E-state index contributed by atoms with van der Waals surface area (Å²) in [5.74, 6) is -0.729. The second kappa shape index (κ2) is 9.41. The molecular formula is C27H26F2N2O3S. The van der Waals surface area contributed by atoms with Gasteiger partial charge in [-0.2, -0.15) is 0 Å². The normalized spacial score (nSPS) is 14.5. The van der Waals surface area contributed by atoms with Gasteiger partial charge in [-0.05, 0) is 67.3 Å². The van der Waals surface area contributed by atoms with Crippen molar-refractivity contribution in [2.24, 2.45) is 0 Å². The topological polar surface area (TPSA) is 53.2 Å². The molecule has 0 unspecified atom stereocenters. The Labute approximate surface area is 205 Å². The second-order valence-corrected chi connectivity index (χ2v) is 10.00. The van der Waals surface area contributed by atoms with Gasteiger partial charge >= 0.3 is 5.69 Å². The molecule has 0 spiro atoms. The van der Waals surface area contributed by atoms with Gasteiger partial charge in [0.2, 0.25) is 0 Å². The van der Waals surface area contributed by atoms with E-state index in [0.29, 0.717) is 16.0 Å². The minimum atomic E-state index is -0.718. The zero-order valence-electron chi connectivity index (χ0n) is 19.6. The van der Waals surface area contributed by atoms with Gasteiger partial charge < -0.3 is 4.74 Å². The molecule has 0 N–H and O–H groups in total. The van der Waals surface area contributed by atoms with Crippen LogP contribution >= 0.6 is 11.3 Å². The number of hydrogen-bond acceptors (Lipinski definition) is 4. The van der Waals surface area contributed by atoms with Gasteiger partial charge in [0, 0.05) is 16.5 Å². The van der Waals surface area contributed by atoms with Crippen LogP contribution in [0.25, 0.3) is 20.7 Å². The number of halogens is 2. The Morgan fingerprint density at radius 1 is 1.00 bits per heavy atom. The predicted molar refractivity (Wildman–Crippen MR) is 135 cm³/mol. The Balaban J connectivity index is 1.78. The number of hydrogen-bond donors (Lipinski definition) is 0. The highest BCUT2D eigenvalue weighted by Crippen LogP contribution is 2.38. The van der Waals surface area contributed by atoms with Crippen LogP contribution in [0.2, 0.25) is 0 Å². The molecule has 0 radical (unpaired) electrons. The summed E-state index contributed by atoms with van der Waals surface area (Å²) >= 11 is 1.30. The molecule has 5 rings (SSSR count). The number of aryl methyl sites for hydroxylation is 1. The van der Waals surface area contributed by atoms with E-state index in [4.69, 9.17) is 4.74 Å². The van der Waals surface area contributed by atoms with Crippen LogP contribution in [-0.4, -0.2) is 16.2 Å². The Hall–Kier alpha value is -3.26. The van der Waals surface area contributed by atoms with Crippen LogP contribution in [-0.2, 0) is 6.54 Å². The first-order valence-corrected chi connectivity index (χ1v) is 12.6. The van der Waals surface area contributed by atoms with Crippen molar-refractivity contribution in [2.75, 3.05) is 7.11 Å². The number of methoxy groups -OCH3 is 1. The minimum Gasteiger partial charge on any atom is -0.497 e. The second-order valence-electron chi connectivity index (χ2n) is 9.00. The Morgan fingerprint density at radius 2 is 1.66 bits per heavy atom. The molecule has 35 heavy (non-hydrogen) atoms. The largest absolute Gasteiger partial charge is 0.497 e. The summed E-state index contributed by atoms with van der Waals surface area (Å²) in [7, 11) is 1.59. The van der Waals surface area contributed by atoms with Crippen LogP contribution in [0.1, 0.15) is 49.3 Å². The maximum absolute atomic E-state index is 14.6. The number of benzene rings is 2. The maximum atomic E-state index is 14.6. The molecule has 1 fully saturated rings. The lowest BCUT2D eigenvalue weighted by atomic mass is 9.95. The first-order valence-electron chi connectivity index (χ1n) is 11.8. The van der Waals surface area contributed by atoms with Gasteiger partial charge in [0.1, 0.15) is 22.2 Å². The molecule has 0 saturated heterocycles. The van der Waals surface area contributed by atoms with Crippen LogP contribution in [0, 0.1) is 18.6 Å². The molecule has 182 valence electrons. The van der Waals surface area contributed by atoms with Crippen molar-refractivity contribution in [3.8, 4) is 16.2 Å². The third kappa shape index (κ3) is 4.10. The van der Waals surface area contributed by atoms with Crippen LogP contribution in [0.3, 0.4) is 0 Å². The molecule has 0 amide bonds. The molecule has 4 aromatic rings. The number of fused-ring (bicyclic) bond motifs is 1. The van der Waals surface area contributed by atoms with Crippen molar-refractivity contribution >= 4 is 21.6 Å². The Kier molecular flexibility index (Phi) is 6.32. The summed E-state index contributed by atoms with van der Waals surface area (Å²) in [5.41, 5.74) is 0.605. The van der Waals surface area contributed by atoms with E-state index in [2.05, 4.69) is 0 Å². The van der Waals surface area contributed by atoms with Gasteiger partial charge in [-0.25, -0.2) is 13.6 Å². The van der Waals surface area contributed by atoms with E-state index >= 15 is 0 Å². The van der Waals surface area contributed by atoms with E-state index in [-0.39, 0.29) is 23.7 Å². The average molecular weight is 497 g/mol. The van der Waals surface area contributed by atoms with E-state index < -0.39 is 17.3 Å². The smallest absolute Gasteiger partial charge is 0.332 e. The first kappa shape index (κ1) is 23.5. The molecule has 2 aromatic carbocycles. The molecule has 1 saturated carbocycles. The fourth-order valence-electron chi connectivity index (χ4n) is 5.02. The molecule has 0 atom stereocenters. The maximum Gasteiger partial charge on any atom is 0.332 e. The first-order chi connectivity index (χ1) is 16.9. The van der Waals surface area contributed by atoms with Crippen LogP contribution in [0.4, 0.5) is 8.78 Å². The van der Waals surface area contributed by atoms with Gasteiger partial charge in [-0.15, -0.1) is 11.3 Å². The average Bonchev–Trinajstić information content (AvgIpc) is 3.21. The molecule has 8 heteroatoms. The number of ether oxygens (including phenoxy) is 1. The fourth-order valence-corrected chi connectivity index (χ4v) is 6.32. The zero-order chi connectivity index (χ0) is 24.7. The van der Waals surface area contributed by atoms with E-state index in [9.17, 15) is 18.4 Å². The van der Waals surface area contributed by atoms with Gasteiger partial charge in [-0.1, -0.05) is 25.3 Å². The van der Waals surface area contributed by atoms with Crippen molar-refractivity contribution in [3.63, 3.8) is 0 Å². The molecule has 2 heterocycles. The highest BCUT2D eigenvalue weighted by Gasteiger charge is 2.26. The summed E-state index contributed by atoms with van der Waals surface area (Å²) in [6, 6.07) is 10.9. The zero-order valence-corrected chi connectivity index (χ0v) is 20.5.